The molecule has 0 aliphatic rings. The first-order chi connectivity index (χ1) is 14.3. The van der Waals surface area contributed by atoms with Crippen molar-refractivity contribution >= 4 is 29.3 Å². The van der Waals surface area contributed by atoms with Crippen molar-refractivity contribution in [3.05, 3.63) is 65.0 Å². The summed E-state index contributed by atoms with van der Waals surface area (Å²) in [6, 6.07) is 10.5. The number of carbonyl (C=O) groups is 4. The van der Waals surface area contributed by atoms with Gasteiger partial charge in [-0.2, -0.15) is 0 Å². The predicted octanol–water partition coefficient (Wildman–Crippen LogP) is 2.70. The Labute approximate surface area is 173 Å². The normalized spacial score (nSPS) is 10.2. The van der Waals surface area contributed by atoms with Crippen molar-refractivity contribution in [3.63, 3.8) is 0 Å². The van der Waals surface area contributed by atoms with E-state index in [0.717, 1.165) is 23.3 Å². The smallest absolute Gasteiger partial charge is 0.306 e. The highest BCUT2D eigenvalue weighted by Gasteiger charge is 2.13. The number of halogens is 1. The lowest BCUT2D eigenvalue weighted by Gasteiger charge is -2.11. The summed E-state index contributed by atoms with van der Waals surface area (Å²) in [4.78, 5) is 47.3. The quantitative estimate of drug-likeness (QED) is 0.485. The Balaban J connectivity index is 1.66. The molecule has 0 heterocycles. The van der Waals surface area contributed by atoms with Gasteiger partial charge in [-0.15, -0.1) is 0 Å². The Morgan fingerprint density at radius 2 is 1.63 bits per heavy atom. The maximum Gasteiger partial charge on any atom is 0.306 e. The molecule has 0 unspecified atom stereocenters. The summed E-state index contributed by atoms with van der Waals surface area (Å²) in [5.41, 5.74) is 2.91. The number of carbonyl (C=O) groups excluding carboxylic acids is 4. The molecule has 2 N–H and O–H groups in total. The largest absolute Gasteiger partial charge is 0.456 e. The van der Waals surface area contributed by atoms with Crippen LogP contribution in [0.3, 0.4) is 0 Å². The van der Waals surface area contributed by atoms with Gasteiger partial charge in [0, 0.05) is 17.7 Å². The summed E-state index contributed by atoms with van der Waals surface area (Å²) in [5.74, 6) is -2.56. The van der Waals surface area contributed by atoms with Crippen molar-refractivity contribution in [2.75, 3.05) is 18.5 Å². The molecule has 0 fully saturated rings. The number of hydrogen-bond acceptors (Lipinski definition) is 5. The van der Waals surface area contributed by atoms with Gasteiger partial charge in [0.05, 0.1) is 13.0 Å². The molecule has 0 aliphatic carbocycles. The first kappa shape index (κ1) is 22.7. The van der Waals surface area contributed by atoms with Crippen molar-refractivity contribution in [1.29, 1.82) is 0 Å². The van der Waals surface area contributed by atoms with Crippen LogP contribution in [0.4, 0.5) is 10.1 Å². The van der Waals surface area contributed by atoms with E-state index in [2.05, 4.69) is 10.6 Å². The van der Waals surface area contributed by atoms with Gasteiger partial charge in [0.1, 0.15) is 5.82 Å². The number of rotatable bonds is 9. The second-order valence-corrected chi connectivity index (χ2v) is 6.66. The number of anilines is 1. The van der Waals surface area contributed by atoms with Crippen LogP contribution in [0.1, 0.15) is 34.3 Å². The fourth-order valence-corrected chi connectivity index (χ4v) is 2.52. The number of esters is 1. The maximum atomic E-state index is 12.8. The zero-order valence-corrected chi connectivity index (χ0v) is 16.8. The molecule has 0 saturated carbocycles. The monoisotopic (exact) mass is 414 g/mol. The second-order valence-electron chi connectivity index (χ2n) is 6.66. The van der Waals surface area contributed by atoms with Crippen LogP contribution in [0.5, 0.6) is 0 Å². The van der Waals surface area contributed by atoms with Gasteiger partial charge in [0.25, 0.3) is 5.91 Å². The Bertz CT molecular complexity index is 941. The molecule has 2 aromatic carbocycles. The summed E-state index contributed by atoms with van der Waals surface area (Å²) in [5, 5.41) is 5.06. The Morgan fingerprint density at radius 3 is 2.33 bits per heavy atom. The number of nitrogens with one attached hydrogen (secondary N) is 2. The number of ketones is 1. The molecule has 0 aromatic heterocycles. The summed E-state index contributed by atoms with van der Waals surface area (Å²) in [6.45, 7) is 2.98. The molecule has 8 heteroatoms. The molecule has 2 aromatic rings. The van der Waals surface area contributed by atoms with Crippen molar-refractivity contribution < 1.29 is 28.3 Å². The molecule has 158 valence electrons. The summed E-state index contributed by atoms with van der Waals surface area (Å²) < 4.78 is 17.6. The van der Waals surface area contributed by atoms with E-state index < -0.39 is 30.2 Å². The van der Waals surface area contributed by atoms with E-state index in [4.69, 9.17) is 4.74 Å². The average Bonchev–Trinajstić information content (AvgIpc) is 2.72. The van der Waals surface area contributed by atoms with E-state index in [0.29, 0.717) is 5.69 Å². The minimum Gasteiger partial charge on any atom is -0.456 e. The number of Topliss-reactive ketones (excluding diaryl/α,β-unsaturated/α-hetero) is 1. The summed E-state index contributed by atoms with van der Waals surface area (Å²) in [6.07, 6.45) is -0.332. The van der Waals surface area contributed by atoms with Gasteiger partial charge in [-0.3, -0.25) is 19.2 Å². The van der Waals surface area contributed by atoms with E-state index in [1.165, 1.54) is 12.1 Å². The Morgan fingerprint density at radius 1 is 0.933 bits per heavy atom. The number of ether oxygens (including phenoxy) is 1. The predicted molar refractivity (Wildman–Crippen MR) is 108 cm³/mol. The molecule has 30 heavy (non-hydrogen) atoms. The van der Waals surface area contributed by atoms with E-state index in [-0.39, 0.29) is 30.7 Å². The van der Waals surface area contributed by atoms with Crippen LogP contribution in [0.2, 0.25) is 0 Å². The highest BCUT2D eigenvalue weighted by Crippen LogP contribution is 2.17. The molecule has 0 aliphatic heterocycles. The third-order valence-electron chi connectivity index (χ3n) is 4.41. The van der Waals surface area contributed by atoms with Crippen LogP contribution in [0.15, 0.2) is 42.5 Å². The van der Waals surface area contributed by atoms with Crippen molar-refractivity contribution in [2.45, 2.75) is 26.7 Å². The number of benzene rings is 2. The van der Waals surface area contributed by atoms with Gasteiger partial charge < -0.3 is 15.4 Å². The van der Waals surface area contributed by atoms with E-state index >= 15 is 0 Å². The zero-order chi connectivity index (χ0) is 22.1. The van der Waals surface area contributed by atoms with Crippen LogP contribution < -0.4 is 10.6 Å². The molecule has 2 rings (SSSR count). The molecular formula is C22H23FN2O5. The lowest BCUT2D eigenvalue weighted by Crippen LogP contribution is -2.35. The Hall–Kier alpha value is -3.55. The summed E-state index contributed by atoms with van der Waals surface area (Å²) in [7, 11) is 0. The van der Waals surface area contributed by atoms with Crippen LogP contribution in [-0.2, 0) is 19.1 Å². The number of hydrogen-bond donors (Lipinski definition) is 2. The standard InChI is InChI=1S/C22H23FN2O5/c1-14-4-3-5-18(15(14)2)25-20(27)12-24-21(28)13-30-22(29)11-10-19(26)16-6-8-17(23)9-7-16/h3-9H,10-13H2,1-2H3,(H,24,28)(H,25,27). The van der Waals surface area contributed by atoms with E-state index in [1.807, 2.05) is 26.0 Å². The maximum absolute atomic E-state index is 12.8. The summed E-state index contributed by atoms with van der Waals surface area (Å²) >= 11 is 0. The lowest BCUT2D eigenvalue weighted by atomic mass is 10.1. The molecule has 7 nitrogen and oxygen atoms in total. The van der Waals surface area contributed by atoms with Gasteiger partial charge in [-0.1, -0.05) is 12.1 Å². The van der Waals surface area contributed by atoms with Gasteiger partial charge in [-0.05, 0) is 55.3 Å². The van der Waals surface area contributed by atoms with Crippen molar-refractivity contribution in [1.82, 2.24) is 5.32 Å². The number of aryl methyl sites for hydroxylation is 1. The fraction of sp³-hybridized carbons (Fsp3) is 0.273. The zero-order valence-electron chi connectivity index (χ0n) is 16.8. The van der Waals surface area contributed by atoms with Gasteiger partial charge >= 0.3 is 5.97 Å². The first-order valence-electron chi connectivity index (χ1n) is 9.33. The van der Waals surface area contributed by atoms with Gasteiger partial charge in [0.2, 0.25) is 5.91 Å². The third kappa shape index (κ3) is 7.12. The molecule has 0 bridgehead atoms. The van der Waals surface area contributed by atoms with E-state index in [1.54, 1.807) is 6.07 Å². The number of amides is 2. The Kier molecular flexibility index (Phi) is 8.22. The highest BCUT2D eigenvalue weighted by atomic mass is 19.1. The average molecular weight is 414 g/mol. The third-order valence-corrected chi connectivity index (χ3v) is 4.41. The highest BCUT2D eigenvalue weighted by molar-refractivity contribution is 5.98. The van der Waals surface area contributed by atoms with Crippen LogP contribution in [0.25, 0.3) is 0 Å². The van der Waals surface area contributed by atoms with Crippen LogP contribution in [-0.4, -0.2) is 36.7 Å². The van der Waals surface area contributed by atoms with Crippen LogP contribution in [0, 0.1) is 19.7 Å². The van der Waals surface area contributed by atoms with Crippen molar-refractivity contribution in [3.8, 4) is 0 Å². The first-order valence-corrected chi connectivity index (χ1v) is 9.33. The lowest BCUT2D eigenvalue weighted by molar-refractivity contribution is -0.148. The molecule has 0 radical (unpaired) electrons. The minimum atomic E-state index is -0.722. The van der Waals surface area contributed by atoms with Crippen molar-refractivity contribution in [2.24, 2.45) is 0 Å². The molecule has 0 spiro atoms. The van der Waals surface area contributed by atoms with Gasteiger partial charge in [0.15, 0.2) is 12.4 Å². The fourth-order valence-electron chi connectivity index (χ4n) is 2.52. The van der Waals surface area contributed by atoms with Gasteiger partial charge in [-0.25, -0.2) is 4.39 Å². The molecular weight excluding hydrogens is 391 g/mol. The molecule has 2 amide bonds. The van der Waals surface area contributed by atoms with Crippen LogP contribution >= 0.6 is 0 Å². The molecule has 0 saturated heterocycles. The topological polar surface area (TPSA) is 102 Å². The minimum absolute atomic E-state index is 0.121. The second kappa shape index (κ2) is 10.8. The SMILES string of the molecule is Cc1cccc(NC(=O)CNC(=O)COC(=O)CCC(=O)c2ccc(F)cc2)c1C. The molecule has 0 atom stereocenters. The van der Waals surface area contributed by atoms with E-state index in [9.17, 15) is 23.6 Å².